The van der Waals surface area contributed by atoms with Gasteiger partial charge in [0.15, 0.2) is 5.65 Å². The van der Waals surface area contributed by atoms with Crippen molar-refractivity contribution in [1.82, 2.24) is 34.0 Å². The number of anilines is 1. The summed E-state index contributed by atoms with van der Waals surface area (Å²) >= 11 is 0. The minimum Gasteiger partial charge on any atom is -0.383 e. The molecule has 4 aromatic heterocycles. The number of amides is 1. The maximum Gasteiger partial charge on any atom is 0.264 e. The molecule has 4 heterocycles. The molecule has 0 fully saturated rings. The molecule has 0 bridgehead atoms. The van der Waals surface area contributed by atoms with E-state index in [1.165, 1.54) is 6.33 Å². The van der Waals surface area contributed by atoms with Gasteiger partial charge in [-0.2, -0.15) is 5.10 Å². The smallest absolute Gasteiger partial charge is 0.264 e. The summed E-state index contributed by atoms with van der Waals surface area (Å²) in [7, 11) is 1.82. The van der Waals surface area contributed by atoms with Crippen molar-refractivity contribution in [3.63, 3.8) is 0 Å². The third-order valence-electron chi connectivity index (χ3n) is 6.62. The number of nitrogens with one attached hydrogen (secondary N) is 1. The highest BCUT2D eigenvalue weighted by Crippen LogP contribution is 2.24. The van der Waals surface area contributed by atoms with Crippen LogP contribution in [-0.2, 0) is 7.05 Å². The molecule has 0 aliphatic carbocycles. The van der Waals surface area contributed by atoms with Crippen molar-refractivity contribution in [2.75, 3.05) is 5.73 Å². The van der Waals surface area contributed by atoms with E-state index in [1.807, 2.05) is 74.8 Å². The number of aromatic nitrogens is 6. The molecule has 1 amide bonds. The summed E-state index contributed by atoms with van der Waals surface area (Å²) in [5.41, 5.74) is 9.00. The Morgan fingerprint density at radius 3 is 2.67 bits per heavy atom. The van der Waals surface area contributed by atoms with Crippen LogP contribution in [0.3, 0.4) is 0 Å². The van der Waals surface area contributed by atoms with E-state index in [2.05, 4.69) is 32.2 Å². The third kappa shape index (κ3) is 4.35. The molecule has 0 saturated carbocycles. The summed E-state index contributed by atoms with van der Waals surface area (Å²) in [5.74, 6) is 5.86. The van der Waals surface area contributed by atoms with Crippen LogP contribution < -0.4 is 16.6 Å². The van der Waals surface area contributed by atoms with Gasteiger partial charge in [0.05, 0.1) is 23.2 Å². The van der Waals surface area contributed by atoms with Crippen LogP contribution in [-0.4, -0.2) is 34.6 Å². The first-order valence-electron chi connectivity index (χ1n) is 12.5. The quantitative estimate of drug-likeness (QED) is 0.339. The van der Waals surface area contributed by atoms with E-state index in [4.69, 9.17) is 5.73 Å². The normalized spacial score (nSPS) is 11.8. The fourth-order valence-electron chi connectivity index (χ4n) is 4.74. The Kier molecular flexibility index (Phi) is 6.09. The number of nitrogens with two attached hydrogens (primary N) is 1. The Labute approximate surface area is 228 Å². The zero-order valence-corrected chi connectivity index (χ0v) is 21.7. The molecule has 10 heteroatoms. The highest BCUT2D eigenvalue weighted by Gasteiger charge is 2.23. The summed E-state index contributed by atoms with van der Waals surface area (Å²) in [5, 5.41) is 8.34. The van der Waals surface area contributed by atoms with Crippen molar-refractivity contribution in [2.24, 2.45) is 7.05 Å². The zero-order valence-electron chi connectivity index (χ0n) is 21.7. The molecule has 0 unspecified atom stereocenters. The predicted molar refractivity (Wildman–Crippen MR) is 152 cm³/mol. The number of benzene rings is 2. The van der Waals surface area contributed by atoms with Crippen molar-refractivity contribution in [3.05, 3.63) is 118 Å². The Bertz CT molecular complexity index is 2030. The lowest BCUT2D eigenvalue weighted by Gasteiger charge is -2.21. The number of rotatable bonds is 4. The van der Waals surface area contributed by atoms with Crippen LogP contribution in [0.1, 0.15) is 40.1 Å². The Hall–Kier alpha value is -5.69. The lowest BCUT2D eigenvalue weighted by molar-refractivity contribution is 0.0940. The van der Waals surface area contributed by atoms with Gasteiger partial charge in [-0.25, -0.2) is 9.97 Å². The van der Waals surface area contributed by atoms with E-state index in [1.54, 1.807) is 32.2 Å². The lowest BCUT2D eigenvalue weighted by atomic mass is 10.0. The molecule has 0 aliphatic heterocycles. The molecule has 40 heavy (non-hydrogen) atoms. The maximum absolute atomic E-state index is 14.2. The fraction of sp³-hybridized carbons (Fsp3) is 0.100. The Morgan fingerprint density at radius 2 is 1.90 bits per heavy atom. The molecule has 6 rings (SSSR count). The van der Waals surface area contributed by atoms with Crippen molar-refractivity contribution >= 4 is 28.1 Å². The number of carbonyl (C=O) groups is 1. The van der Waals surface area contributed by atoms with Crippen LogP contribution >= 0.6 is 0 Å². The van der Waals surface area contributed by atoms with Crippen molar-refractivity contribution in [3.8, 4) is 17.5 Å². The van der Waals surface area contributed by atoms with Gasteiger partial charge in [0.25, 0.3) is 11.5 Å². The highest BCUT2D eigenvalue weighted by atomic mass is 16.2. The third-order valence-corrected chi connectivity index (χ3v) is 6.62. The van der Waals surface area contributed by atoms with E-state index >= 15 is 0 Å². The van der Waals surface area contributed by atoms with Crippen LogP contribution in [0, 0.1) is 11.8 Å². The summed E-state index contributed by atoms with van der Waals surface area (Å²) < 4.78 is 4.91. The molecule has 196 valence electrons. The molecular formula is C30H24N8O2. The van der Waals surface area contributed by atoms with E-state index in [-0.39, 0.29) is 16.9 Å². The van der Waals surface area contributed by atoms with E-state index in [9.17, 15) is 9.59 Å². The van der Waals surface area contributed by atoms with Gasteiger partial charge >= 0.3 is 0 Å². The van der Waals surface area contributed by atoms with E-state index in [0.29, 0.717) is 33.4 Å². The number of imidazole rings is 1. The van der Waals surface area contributed by atoms with Crippen LogP contribution in [0.2, 0.25) is 0 Å². The second-order valence-corrected chi connectivity index (χ2v) is 9.33. The number of fused-ring (bicyclic) bond motifs is 2. The molecule has 0 radical (unpaired) electrons. The Balaban J connectivity index is 1.48. The van der Waals surface area contributed by atoms with Gasteiger partial charge in [0.2, 0.25) is 0 Å². The lowest BCUT2D eigenvalue weighted by Crippen LogP contribution is -2.33. The van der Waals surface area contributed by atoms with E-state index < -0.39 is 11.9 Å². The summed E-state index contributed by atoms with van der Waals surface area (Å²) in [6, 6.07) is 16.2. The van der Waals surface area contributed by atoms with Crippen molar-refractivity contribution in [1.29, 1.82) is 0 Å². The number of aryl methyl sites for hydroxylation is 1. The molecule has 0 spiro atoms. The number of nitrogens with zero attached hydrogens (tertiary/aromatic N) is 6. The van der Waals surface area contributed by atoms with Crippen LogP contribution in [0.4, 0.5) is 5.82 Å². The minimum atomic E-state index is -0.579. The number of carbonyl (C=O) groups excluding carboxylic acids is 1. The topological polar surface area (TPSA) is 125 Å². The second kappa shape index (κ2) is 9.89. The standard InChI is InChI=1S/C30H24N8O2/c1-19(35-29(39)26-27(31)33-18-37-14-13-32-28(26)37)24-15-22-8-6-7-21(12-11-20-16-34-36(2)17-20)25(22)30(40)38(24)23-9-4-3-5-10-23/h3-10,13-19H,31H2,1-2H3,(H,35,39)/t19-/m1/s1. The molecule has 0 saturated heterocycles. The molecule has 6 aromatic rings. The first kappa shape index (κ1) is 24.6. The first-order valence-corrected chi connectivity index (χ1v) is 12.5. The van der Waals surface area contributed by atoms with Gasteiger partial charge in [0.1, 0.15) is 17.7 Å². The van der Waals surface area contributed by atoms with Gasteiger partial charge in [-0.15, -0.1) is 0 Å². The first-order chi connectivity index (χ1) is 19.4. The van der Waals surface area contributed by atoms with Crippen LogP contribution in [0.25, 0.3) is 22.1 Å². The second-order valence-electron chi connectivity index (χ2n) is 9.33. The number of nitrogen functional groups attached to an aromatic ring is 1. The van der Waals surface area contributed by atoms with Gasteiger partial charge < -0.3 is 11.1 Å². The van der Waals surface area contributed by atoms with Gasteiger partial charge in [0, 0.05) is 42.6 Å². The van der Waals surface area contributed by atoms with Gasteiger partial charge in [-0.05, 0) is 36.6 Å². The predicted octanol–water partition coefficient (Wildman–Crippen LogP) is 3.24. The van der Waals surface area contributed by atoms with Gasteiger partial charge in [-0.3, -0.25) is 23.2 Å². The largest absolute Gasteiger partial charge is 0.383 e. The number of para-hydroxylation sites is 1. The van der Waals surface area contributed by atoms with Crippen molar-refractivity contribution < 1.29 is 4.79 Å². The Morgan fingerprint density at radius 1 is 1.07 bits per heavy atom. The average Bonchev–Trinajstić information content (AvgIpc) is 3.60. The van der Waals surface area contributed by atoms with Crippen molar-refractivity contribution in [2.45, 2.75) is 13.0 Å². The minimum absolute atomic E-state index is 0.0687. The number of pyridine rings is 1. The molecule has 3 N–H and O–H groups in total. The summed E-state index contributed by atoms with van der Waals surface area (Å²) in [6.45, 7) is 1.82. The molecular weight excluding hydrogens is 504 g/mol. The summed E-state index contributed by atoms with van der Waals surface area (Å²) in [6.07, 6.45) is 8.25. The molecule has 2 aromatic carbocycles. The SMILES string of the molecule is C[C@@H](NC(=O)c1c(N)ncn2ccnc12)c1cc2cccc(C#Cc3cnn(C)c3)c2c(=O)n1-c1ccccc1. The van der Waals surface area contributed by atoms with Crippen LogP contribution in [0.5, 0.6) is 0 Å². The molecule has 10 nitrogen and oxygen atoms in total. The van der Waals surface area contributed by atoms with E-state index in [0.717, 1.165) is 5.56 Å². The maximum atomic E-state index is 14.2. The van der Waals surface area contributed by atoms with Crippen LogP contribution in [0.15, 0.2) is 90.5 Å². The summed E-state index contributed by atoms with van der Waals surface area (Å²) in [4.78, 5) is 36.0. The monoisotopic (exact) mass is 528 g/mol. The molecule has 1 atom stereocenters. The average molecular weight is 529 g/mol. The highest BCUT2D eigenvalue weighted by molar-refractivity contribution is 6.04. The fourth-order valence-corrected chi connectivity index (χ4v) is 4.74. The number of hydrogen-bond donors (Lipinski definition) is 2. The zero-order chi connectivity index (χ0) is 27.8. The molecule has 0 aliphatic rings. The number of hydrogen-bond acceptors (Lipinski definition) is 6. The van der Waals surface area contributed by atoms with Gasteiger partial charge in [-0.1, -0.05) is 42.2 Å².